The molecule has 1 rings (SSSR count). The van der Waals surface area contributed by atoms with Crippen molar-refractivity contribution in [3.63, 3.8) is 0 Å². The van der Waals surface area contributed by atoms with Crippen LogP contribution in [-0.4, -0.2) is 10.2 Å². The van der Waals surface area contributed by atoms with E-state index in [0.29, 0.717) is 20.1 Å². The summed E-state index contributed by atoms with van der Waals surface area (Å²) in [4.78, 5) is 0. The van der Waals surface area contributed by atoms with Gasteiger partial charge in [-0.15, -0.1) is 0 Å². The summed E-state index contributed by atoms with van der Waals surface area (Å²) < 4.78 is 0. The van der Waals surface area contributed by atoms with Crippen LogP contribution < -0.4 is 0 Å². The van der Waals surface area contributed by atoms with Crippen molar-refractivity contribution in [2.45, 2.75) is 6.04 Å². The normalized spacial score (nSPS) is 10.7. The van der Waals surface area contributed by atoms with Gasteiger partial charge in [0.1, 0.15) is 0 Å². The smallest absolute Gasteiger partial charge is 0.0796 e. The first kappa shape index (κ1) is 10.7. The van der Waals surface area contributed by atoms with Crippen molar-refractivity contribution < 1.29 is 0 Å². The second-order valence-corrected chi connectivity index (χ2v) is 4.56. The van der Waals surface area contributed by atoms with Gasteiger partial charge in [0.25, 0.3) is 0 Å². The maximum absolute atomic E-state index is 5.92. The van der Waals surface area contributed by atoms with Crippen molar-refractivity contribution in [3.05, 3.63) is 31.7 Å². The SMILES string of the molecule is [SiH3]Cc1cc(Cl)c(Cl)c(Cl)c1Cl. The molecule has 0 atom stereocenters. The lowest BCUT2D eigenvalue weighted by Crippen LogP contribution is -1.87. The Morgan fingerprint density at radius 3 is 2.08 bits per heavy atom. The first-order valence-electron chi connectivity index (χ1n) is 3.39. The Hall–Kier alpha value is 0.597. The average Bonchev–Trinajstić information content (AvgIpc) is 2.08. The fourth-order valence-electron chi connectivity index (χ4n) is 0.879. The molecule has 12 heavy (non-hydrogen) atoms. The van der Waals surface area contributed by atoms with Crippen LogP contribution in [0.5, 0.6) is 0 Å². The summed E-state index contributed by atoms with van der Waals surface area (Å²) in [6, 6.07) is 2.69. The van der Waals surface area contributed by atoms with Crippen molar-refractivity contribution >= 4 is 56.6 Å². The van der Waals surface area contributed by atoms with Gasteiger partial charge in [0.05, 0.1) is 20.1 Å². The van der Waals surface area contributed by atoms with Gasteiger partial charge in [-0.2, -0.15) is 0 Å². The zero-order valence-corrected chi connectivity index (χ0v) is 11.3. The Morgan fingerprint density at radius 1 is 1.00 bits per heavy atom. The molecule has 66 valence electrons. The average molecular weight is 260 g/mol. The molecule has 0 unspecified atom stereocenters. The minimum atomic E-state index is 0.335. The lowest BCUT2D eigenvalue weighted by atomic mass is 10.2. The summed E-state index contributed by atoms with van der Waals surface area (Å²) in [5.41, 5.74) is 0.975. The van der Waals surface area contributed by atoms with E-state index < -0.39 is 0 Å². The highest BCUT2D eigenvalue weighted by Crippen LogP contribution is 2.37. The maximum Gasteiger partial charge on any atom is 0.0796 e. The molecule has 1 aromatic rings. The molecule has 1 aromatic carbocycles. The van der Waals surface area contributed by atoms with Crippen LogP contribution in [0.4, 0.5) is 0 Å². The molecule has 0 amide bonds. The Bertz CT molecular complexity index is 311. The highest BCUT2D eigenvalue weighted by Gasteiger charge is 2.11. The van der Waals surface area contributed by atoms with Crippen molar-refractivity contribution in [2.75, 3.05) is 0 Å². The van der Waals surface area contributed by atoms with Gasteiger partial charge in [-0.05, 0) is 17.7 Å². The van der Waals surface area contributed by atoms with Crippen LogP contribution >= 0.6 is 46.4 Å². The molecule has 0 spiro atoms. The molecule has 0 aliphatic rings. The van der Waals surface area contributed by atoms with Gasteiger partial charge < -0.3 is 0 Å². The van der Waals surface area contributed by atoms with E-state index in [0.717, 1.165) is 21.9 Å². The third-order valence-electron chi connectivity index (χ3n) is 1.56. The van der Waals surface area contributed by atoms with E-state index in [1.54, 1.807) is 6.07 Å². The van der Waals surface area contributed by atoms with Gasteiger partial charge in [-0.25, -0.2) is 0 Å². The Labute approximate surface area is 94.2 Å². The molecule has 0 heterocycles. The number of hydrogen-bond donors (Lipinski definition) is 0. The van der Waals surface area contributed by atoms with E-state index in [2.05, 4.69) is 0 Å². The summed E-state index contributed by atoms with van der Waals surface area (Å²) in [5, 5.41) is 1.69. The van der Waals surface area contributed by atoms with E-state index in [9.17, 15) is 0 Å². The monoisotopic (exact) mass is 258 g/mol. The molecule has 0 N–H and O–H groups in total. The van der Waals surface area contributed by atoms with Crippen molar-refractivity contribution in [1.29, 1.82) is 0 Å². The second-order valence-electron chi connectivity index (χ2n) is 2.31. The molecular formula is C7H6Cl4Si. The van der Waals surface area contributed by atoms with Gasteiger partial charge in [-0.3, -0.25) is 0 Å². The summed E-state index contributed by atoms with van der Waals surface area (Å²) in [7, 11) is 1.02. The quantitative estimate of drug-likeness (QED) is 0.413. The Kier molecular flexibility index (Phi) is 3.74. The van der Waals surface area contributed by atoms with Crippen LogP contribution in [-0.2, 0) is 6.04 Å². The number of halogens is 4. The molecule has 0 aliphatic carbocycles. The predicted molar refractivity (Wildman–Crippen MR) is 60.1 cm³/mol. The topological polar surface area (TPSA) is 0 Å². The van der Waals surface area contributed by atoms with Gasteiger partial charge in [0, 0.05) is 10.2 Å². The lowest BCUT2D eigenvalue weighted by Gasteiger charge is -2.06. The Balaban J connectivity index is 3.39. The van der Waals surface area contributed by atoms with Crippen molar-refractivity contribution in [2.24, 2.45) is 0 Å². The number of hydrogen-bond acceptors (Lipinski definition) is 0. The van der Waals surface area contributed by atoms with Crippen LogP contribution in [0, 0.1) is 0 Å². The van der Waals surface area contributed by atoms with E-state index in [1.165, 1.54) is 0 Å². The third kappa shape index (κ3) is 1.91. The van der Waals surface area contributed by atoms with Crippen LogP contribution in [0.1, 0.15) is 5.56 Å². The molecule has 0 aliphatic heterocycles. The summed E-state index contributed by atoms with van der Waals surface area (Å²) in [6.07, 6.45) is 0. The van der Waals surface area contributed by atoms with E-state index in [-0.39, 0.29) is 0 Å². The maximum atomic E-state index is 5.92. The molecule has 0 saturated carbocycles. The Morgan fingerprint density at radius 2 is 1.58 bits per heavy atom. The zero-order chi connectivity index (χ0) is 9.30. The molecule has 5 heteroatoms. The van der Waals surface area contributed by atoms with Gasteiger partial charge in [0.15, 0.2) is 0 Å². The minimum absolute atomic E-state index is 0.335. The fourth-order valence-corrected chi connectivity index (χ4v) is 2.64. The minimum Gasteiger partial charge on any atom is -0.0826 e. The highest BCUT2D eigenvalue weighted by atomic mass is 35.5. The molecule has 0 fully saturated rings. The van der Waals surface area contributed by atoms with Crippen LogP contribution in [0.25, 0.3) is 0 Å². The van der Waals surface area contributed by atoms with Crippen LogP contribution in [0.15, 0.2) is 6.07 Å². The standard InChI is InChI=1S/C7H6Cl4Si/c8-4-1-3(2-12)5(9)7(11)6(4)10/h1H,2H2,12H3. The molecular weight excluding hydrogens is 254 g/mol. The van der Waals surface area contributed by atoms with E-state index in [4.69, 9.17) is 46.4 Å². The van der Waals surface area contributed by atoms with Gasteiger partial charge in [0.2, 0.25) is 0 Å². The molecule has 0 aromatic heterocycles. The molecule has 0 nitrogen and oxygen atoms in total. The van der Waals surface area contributed by atoms with E-state index in [1.807, 2.05) is 0 Å². The molecule has 0 saturated heterocycles. The van der Waals surface area contributed by atoms with E-state index >= 15 is 0 Å². The van der Waals surface area contributed by atoms with Gasteiger partial charge >= 0.3 is 0 Å². The third-order valence-corrected chi connectivity index (χ3v) is 4.11. The summed E-state index contributed by atoms with van der Waals surface area (Å²) >= 11 is 23.3. The summed E-state index contributed by atoms with van der Waals surface area (Å²) in [5.74, 6) is 0. The number of rotatable bonds is 1. The van der Waals surface area contributed by atoms with Crippen LogP contribution in [0.3, 0.4) is 0 Å². The number of benzene rings is 1. The summed E-state index contributed by atoms with van der Waals surface area (Å²) in [6.45, 7) is 0. The zero-order valence-electron chi connectivity index (χ0n) is 6.30. The largest absolute Gasteiger partial charge is 0.0826 e. The highest BCUT2D eigenvalue weighted by molar-refractivity contribution is 6.52. The van der Waals surface area contributed by atoms with Gasteiger partial charge in [-0.1, -0.05) is 46.4 Å². The lowest BCUT2D eigenvalue weighted by molar-refractivity contribution is 1.40. The van der Waals surface area contributed by atoms with Crippen molar-refractivity contribution in [1.82, 2.24) is 0 Å². The molecule has 0 radical (unpaired) electrons. The molecule has 0 bridgehead atoms. The predicted octanol–water partition coefficient (Wildman–Crippen LogP) is 3.17. The second kappa shape index (κ2) is 4.21. The first-order chi connectivity index (χ1) is 5.57. The van der Waals surface area contributed by atoms with Crippen LogP contribution in [0.2, 0.25) is 20.1 Å². The first-order valence-corrected chi connectivity index (χ1v) is 6.32. The fraction of sp³-hybridized carbons (Fsp3) is 0.143. The van der Waals surface area contributed by atoms with Crippen molar-refractivity contribution in [3.8, 4) is 0 Å².